The molecule has 0 amide bonds. The van der Waals surface area contributed by atoms with Crippen LogP contribution in [0.4, 0.5) is 30.2 Å². The molecule has 0 radical (unpaired) electrons. The average Bonchev–Trinajstić information content (AvgIpc) is 1.98. The molecule has 17 heavy (non-hydrogen) atoms. The largest absolute Gasteiger partial charge is 0.464 e. The summed E-state index contributed by atoms with van der Waals surface area (Å²) < 4.78 is 107. The summed E-state index contributed by atoms with van der Waals surface area (Å²) in [4.78, 5) is 0. The molecule has 0 rings (SSSR count). The maximum atomic E-state index is 12.4. The Morgan fingerprint density at radius 1 is 1.06 bits per heavy atom. The van der Waals surface area contributed by atoms with Gasteiger partial charge in [-0.3, -0.25) is 4.74 Å². The van der Waals surface area contributed by atoms with Crippen LogP contribution in [0, 0.1) is 0 Å². The van der Waals surface area contributed by atoms with Crippen molar-refractivity contribution >= 4 is 33.4 Å². The summed E-state index contributed by atoms with van der Waals surface area (Å²) in [6.45, 7) is 0. The average molecular weight is 333 g/mol. The van der Waals surface area contributed by atoms with E-state index < -0.39 is 32.5 Å². The molecule has 13 heteroatoms. The van der Waals surface area contributed by atoms with Crippen LogP contribution in [0.25, 0.3) is 0 Å². The molecule has 0 aliphatic rings. The van der Waals surface area contributed by atoms with E-state index in [2.05, 4.69) is 27.9 Å². The lowest BCUT2D eigenvalue weighted by Gasteiger charge is -2.26. The van der Waals surface area contributed by atoms with Gasteiger partial charge in [-0.2, -0.15) is 34.8 Å². The van der Waals surface area contributed by atoms with Crippen LogP contribution in [-0.4, -0.2) is 30.7 Å². The number of ether oxygens (including phenoxy) is 1. The van der Waals surface area contributed by atoms with E-state index in [9.17, 15) is 38.6 Å². The number of rotatable bonds is 5. The maximum Gasteiger partial charge on any atom is 0.464 e. The molecule has 1 atom stereocenters. The van der Waals surface area contributed by atoms with E-state index in [4.69, 9.17) is 0 Å². The van der Waals surface area contributed by atoms with Gasteiger partial charge in [-0.25, -0.2) is 0 Å². The van der Waals surface area contributed by atoms with Crippen LogP contribution < -0.4 is 0 Å². The van der Waals surface area contributed by atoms with Crippen molar-refractivity contribution in [1.82, 2.24) is 0 Å². The van der Waals surface area contributed by atoms with Gasteiger partial charge in [-0.15, -0.1) is 0 Å². The Morgan fingerprint density at radius 3 is 1.65 bits per heavy atom. The van der Waals surface area contributed by atoms with E-state index in [0.29, 0.717) is 0 Å². The minimum Gasteiger partial charge on any atom is -0.287 e. The van der Waals surface area contributed by atoms with Gasteiger partial charge in [-0.05, 0) is 11.6 Å². The van der Waals surface area contributed by atoms with Crippen molar-refractivity contribution in [2.45, 2.75) is 22.3 Å². The van der Waals surface area contributed by atoms with Crippen LogP contribution in [0.3, 0.4) is 0 Å². The van der Waals surface area contributed by atoms with Crippen molar-refractivity contribution in [2.24, 2.45) is 0 Å². The van der Waals surface area contributed by atoms with Crippen LogP contribution in [0.15, 0.2) is 0 Å². The molecule has 0 saturated heterocycles. The van der Waals surface area contributed by atoms with E-state index in [1.54, 1.807) is 0 Å². The molecule has 0 fully saturated rings. The zero-order chi connectivity index (χ0) is 14.3. The molecule has 0 aromatic carbocycles. The second-order valence-corrected chi connectivity index (χ2v) is 4.74. The Morgan fingerprint density at radius 2 is 1.41 bits per heavy atom. The van der Waals surface area contributed by atoms with Gasteiger partial charge in [0.25, 0.3) is 0 Å². The molecule has 0 aliphatic heterocycles. The number of hydrogen-bond donors (Lipinski definition) is 0. The fraction of sp³-hybridized carbons (Fsp3) is 1.00. The molecule has 0 aliphatic carbocycles. The summed E-state index contributed by atoms with van der Waals surface area (Å²) >= 11 is 8.41. The summed E-state index contributed by atoms with van der Waals surface area (Å²) in [5.74, 6) is 0. The number of hydrogen-bond acceptors (Lipinski definition) is 3. The van der Waals surface area contributed by atoms with Crippen LogP contribution in [0.1, 0.15) is 0 Å². The van der Waals surface area contributed by atoms with Gasteiger partial charge in [0.15, 0.2) is 0 Å². The number of halogens is 9. The van der Waals surface area contributed by atoms with Crippen molar-refractivity contribution in [2.75, 3.05) is 0 Å². The smallest absolute Gasteiger partial charge is 0.287 e. The molecule has 1 unspecified atom stereocenters. The van der Waals surface area contributed by atoms with E-state index in [1.165, 1.54) is 0 Å². The first kappa shape index (κ1) is 17.0. The van der Waals surface area contributed by atoms with Crippen molar-refractivity contribution in [3.63, 3.8) is 0 Å². The number of alkyl halides is 8. The molecule has 0 aromatic heterocycles. The second-order valence-electron chi connectivity index (χ2n) is 2.45. The first-order chi connectivity index (χ1) is 7.13. The third-order valence-corrected chi connectivity index (χ3v) is 2.68. The standard InChI is InChI=1S/C4HCl2F7O3S/c5-1(2(6,7)8)16-3(9,10)4(11,12)17(13,14)15/h1H. The van der Waals surface area contributed by atoms with Gasteiger partial charge in [0.2, 0.25) is 5.56 Å². The lowest BCUT2D eigenvalue weighted by molar-refractivity contribution is -0.335. The predicted molar refractivity (Wildman–Crippen MR) is 41.4 cm³/mol. The SMILES string of the molecule is O=S(=O)(F)C(F)(F)C(F)(F)OC(Cl)C(F)(F)Cl. The molecule has 0 spiro atoms. The highest BCUT2D eigenvalue weighted by atomic mass is 35.5. The fourth-order valence-corrected chi connectivity index (χ4v) is 0.896. The summed E-state index contributed by atoms with van der Waals surface area (Å²) in [6.07, 6.45) is -6.13. The third kappa shape index (κ3) is 3.73. The third-order valence-electron chi connectivity index (χ3n) is 1.15. The highest BCUT2D eigenvalue weighted by molar-refractivity contribution is 7.87. The van der Waals surface area contributed by atoms with E-state index in [0.717, 1.165) is 0 Å². The molecule has 0 saturated carbocycles. The van der Waals surface area contributed by atoms with Gasteiger partial charge in [-0.1, -0.05) is 15.5 Å². The highest BCUT2D eigenvalue weighted by Crippen LogP contribution is 2.44. The normalized spacial score (nSPS) is 17.0. The molecule has 0 bridgehead atoms. The van der Waals surface area contributed by atoms with Crippen LogP contribution in [0.5, 0.6) is 0 Å². The second kappa shape index (κ2) is 4.59. The molecule has 0 aromatic rings. The quantitative estimate of drug-likeness (QED) is 0.441. The highest BCUT2D eigenvalue weighted by Gasteiger charge is 2.70. The fourth-order valence-electron chi connectivity index (χ4n) is 0.407. The topological polar surface area (TPSA) is 43.4 Å². The van der Waals surface area contributed by atoms with Crippen molar-refractivity contribution in [3.8, 4) is 0 Å². The molecule has 3 nitrogen and oxygen atoms in total. The monoisotopic (exact) mass is 332 g/mol. The molecular weight excluding hydrogens is 332 g/mol. The lowest BCUT2D eigenvalue weighted by atomic mass is 10.6. The summed E-state index contributed by atoms with van der Waals surface area (Å²) in [7, 11) is -7.11. The Balaban J connectivity index is 5.18. The molecule has 104 valence electrons. The van der Waals surface area contributed by atoms with Gasteiger partial charge >= 0.3 is 27.0 Å². The zero-order valence-corrected chi connectivity index (χ0v) is 9.44. The van der Waals surface area contributed by atoms with Gasteiger partial charge < -0.3 is 0 Å². The predicted octanol–water partition coefficient (Wildman–Crippen LogP) is 2.88. The first-order valence-corrected chi connectivity index (χ1v) is 5.41. The van der Waals surface area contributed by atoms with Crippen LogP contribution >= 0.6 is 23.2 Å². The van der Waals surface area contributed by atoms with Crippen molar-refractivity contribution < 1.29 is 43.4 Å². The van der Waals surface area contributed by atoms with Crippen molar-refractivity contribution in [1.29, 1.82) is 0 Å². The Kier molecular flexibility index (Phi) is 4.59. The zero-order valence-electron chi connectivity index (χ0n) is 7.11. The van der Waals surface area contributed by atoms with Crippen LogP contribution in [-0.2, 0) is 15.0 Å². The Bertz CT molecular complexity index is 377. The van der Waals surface area contributed by atoms with E-state index in [1.807, 2.05) is 0 Å². The van der Waals surface area contributed by atoms with E-state index >= 15 is 0 Å². The minimum atomic E-state index is -7.11. The molecule has 0 N–H and O–H groups in total. The van der Waals surface area contributed by atoms with Gasteiger partial charge in [0.05, 0.1) is 0 Å². The molecular formula is C4HCl2F7O3S. The van der Waals surface area contributed by atoms with E-state index in [-0.39, 0.29) is 0 Å². The minimum absolute atomic E-state index is 2.57. The van der Waals surface area contributed by atoms with Crippen molar-refractivity contribution in [3.05, 3.63) is 0 Å². The first-order valence-electron chi connectivity index (χ1n) is 3.21. The van der Waals surface area contributed by atoms with Crippen LogP contribution in [0.2, 0.25) is 0 Å². The molecule has 0 heterocycles. The van der Waals surface area contributed by atoms with Gasteiger partial charge in [0, 0.05) is 0 Å². The Hall–Kier alpha value is -0.000000000000000111. The summed E-state index contributed by atoms with van der Waals surface area (Å²) in [6, 6.07) is 0. The van der Waals surface area contributed by atoms with Gasteiger partial charge in [0.1, 0.15) is 0 Å². The Labute approximate surface area is 99.6 Å². The summed E-state index contributed by atoms with van der Waals surface area (Å²) in [5.41, 5.74) is -3.51. The summed E-state index contributed by atoms with van der Waals surface area (Å²) in [5, 5.41) is -11.1. The lowest BCUT2D eigenvalue weighted by Crippen LogP contribution is -2.50. The maximum absolute atomic E-state index is 12.4.